The van der Waals surface area contributed by atoms with Gasteiger partial charge in [-0.1, -0.05) is 30.3 Å². The van der Waals surface area contributed by atoms with Gasteiger partial charge in [-0.15, -0.1) is 0 Å². The van der Waals surface area contributed by atoms with Gasteiger partial charge in [-0.05, 0) is 24.3 Å². The molecule has 110 valence electrons. The van der Waals surface area contributed by atoms with Crippen LogP contribution < -0.4 is 5.32 Å². The van der Waals surface area contributed by atoms with Crippen molar-refractivity contribution in [2.75, 3.05) is 11.9 Å². The quantitative estimate of drug-likeness (QED) is 0.703. The molecule has 22 heavy (non-hydrogen) atoms. The Hall–Kier alpha value is -2.62. The van der Waals surface area contributed by atoms with E-state index in [0.29, 0.717) is 0 Å². The molecule has 4 heteroatoms. The van der Waals surface area contributed by atoms with Gasteiger partial charge in [0.05, 0.1) is 0 Å². The fraction of sp³-hybridized carbons (Fsp3) is 0.222. The van der Waals surface area contributed by atoms with Gasteiger partial charge in [-0.2, -0.15) is 0 Å². The highest BCUT2D eigenvalue weighted by Crippen LogP contribution is 2.32. The molecule has 0 spiro atoms. The van der Waals surface area contributed by atoms with Crippen molar-refractivity contribution in [2.24, 2.45) is 4.99 Å². The van der Waals surface area contributed by atoms with Crippen LogP contribution in [0.2, 0.25) is 0 Å². The van der Waals surface area contributed by atoms with Crippen LogP contribution in [0.3, 0.4) is 0 Å². The average Bonchev–Trinajstić information content (AvgIpc) is 3.17. The molecule has 4 nitrogen and oxygen atoms in total. The molecule has 2 N–H and O–H groups in total. The smallest absolute Gasteiger partial charge is 0.133 e. The second-order valence-corrected chi connectivity index (χ2v) is 5.56. The lowest BCUT2D eigenvalue weighted by Crippen LogP contribution is -2.08. The van der Waals surface area contributed by atoms with Gasteiger partial charge in [-0.25, -0.2) is 4.98 Å². The molecule has 0 radical (unpaired) electrons. The van der Waals surface area contributed by atoms with Crippen molar-refractivity contribution in [3.8, 4) is 0 Å². The average molecular weight is 290 g/mol. The third kappa shape index (κ3) is 2.37. The van der Waals surface area contributed by atoms with Crippen molar-refractivity contribution in [3.63, 3.8) is 0 Å². The van der Waals surface area contributed by atoms with Crippen molar-refractivity contribution in [1.29, 1.82) is 0 Å². The highest BCUT2D eigenvalue weighted by molar-refractivity contribution is 6.25. The monoisotopic (exact) mass is 290 g/mol. The Morgan fingerprint density at radius 2 is 1.95 bits per heavy atom. The van der Waals surface area contributed by atoms with E-state index < -0.39 is 0 Å². The first-order chi connectivity index (χ1) is 10.9. The number of aliphatic imine (C=N–C) groups is 1. The van der Waals surface area contributed by atoms with Crippen LogP contribution in [0.15, 0.2) is 53.8 Å². The van der Waals surface area contributed by atoms with Crippen LogP contribution in [0, 0.1) is 0 Å². The van der Waals surface area contributed by atoms with Crippen molar-refractivity contribution in [2.45, 2.75) is 19.3 Å². The van der Waals surface area contributed by atoms with Crippen molar-refractivity contribution >= 4 is 22.3 Å². The van der Waals surface area contributed by atoms with Gasteiger partial charge in [0.15, 0.2) is 0 Å². The number of hydrogen-bond acceptors (Lipinski definition) is 2. The van der Waals surface area contributed by atoms with Gasteiger partial charge in [0, 0.05) is 42.0 Å². The molecular formula is C18H18N4. The Kier molecular flexibility index (Phi) is 3.35. The maximum absolute atomic E-state index is 4.76. The summed E-state index contributed by atoms with van der Waals surface area (Å²) in [6, 6.07) is 12.7. The van der Waals surface area contributed by atoms with E-state index in [0.717, 1.165) is 37.5 Å². The first-order valence-corrected chi connectivity index (χ1v) is 7.74. The van der Waals surface area contributed by atoms with E-state index in [-0.39, 0.29) is 0 Å². The second kappa shape index (κ2) is 5.64. The molecule has 0 bridgehead atoms. The van der Waals surface area contributed by atoms with E-state index in [4.69, 9.17) is 4.99 Å². The number of nitrogens with one attached hydrogen (secondary N) is 2. The van der Waals surface area contributed by atoms with Crippen LogP contribution in [-0.4, -0.2) is 22.3 Å². The summed E-state index contributed by atoms with van der Waals surface area (Å²) < 4.78 is 0. The molecule has 0 atom stereocenters. The summed E-state index contributed by atoms with van der Waals surface area (Å²) in [5, 5.41) is 6.00. The lowest BCUT2D eigenvalue weighted by Gasteiger charge is -2.01. The predicted molar refractivity (Wildman–Crippen MR) is 90.5 cm³/mol. The maximum Gasteiger partial charge on any atom is 0.133 e. The Morgan fingerprint density at radius 1 is 1.05 bits per heavy atom. The zero-order valence-corrected chi connectivity index (χ0v) is 12.3. The Bertz CT molecular complexity index is 813. The fourth-order valence-corrected chi connectivity index (χ4v) is 2.99. The molecule has 0 saturated heterocycles. The molecule has 0 aliphatic carbocycles. The number of imidazole rings is 1. The normalized spacial score (nSPS) is 14.6. The third-order valence-electron chi connectivity index (χ3n) is 4.06. The Balaban J connectivity index is 1.43. The van der Waals surface area contributed by atoms with Crippen molar-refractivity contribution in [1.82, 2.24) is 9.97 Å². The summed E-state index contributed by atoms with van der Waals surface area (Å²) in [6.07, 6.45) is 6.83. The minimum atomic E-state index is 0.841. The van der Waals surface area contributed by atoms with E-state index in [2.05, 4.69) is 51.7 Å². The molecule has 0 unspecified atom stereocenters. The number of H-pyrrole nitrogens is 1. The molecule has 0 amide bonds. The second-order valence-electron chi connectivity index (χ2n) is 5.56. The third-order valence-corrected chi connectivity index (χ3v) is 4.06. The summed E-state index contributed by atoms with van der Waals surface area (Å²) in [4.78, 5) is 12.1. The molecular weight excluding hydrogens is 272 g/mol. The summed E-state index contributed by atoms with van der Waals surface area (Å²) in [7, 11) is 0. The summed E-state index contributed by atoms with van der Waals surface area (Å²) >= 11 is 0. The largest absolute Gasteiger partial charge is 0.349 e. The standard InChI is InChI=1S/C18H18N4/c1(9-16-19-11-12-20-16)2-10-21-18-14-7-3-5-13-6-4-8-15(22-18)17(13)14/h3-8,11-12H,1-2,9-10H2,(H,19,20)(H,21,22). The Labute approximate surface area is 129 Å². The molecule has 1 aliphatic rings. The topological polar surface area (TPSA) is 53.1 Å². The number of aromatic amines is 1. The van der Waals surface area contributed by atoms with Crippen LogP contribution in [0.1, 0.15) is 24.2 Å². The van der Waals surface area contributed by atoms with Crippen LogP contribution >= 0.6 is 0 Å². The van der Waals surface area contributed by atoms with Crippen molar-refractivity contribution < 1.29 is 0 Å². The zero-order valence-electron chi connectivity index (χ0n) is 12.3. The first-order valence-electron chi connectivity index (χ1n) is 7.74. The number of hydrogen-bond donors (Lipinski definition) is 2. The fourth-order valence-electron chi connectivity index (χ4n) is 2.99. The highest BCUT2D eigenvalue weighted by atomic mass is 15.0. The van der Waals surface area contributed by atoms with Gasteiger partial charge in [0.2, 0.25) is 0 Å². The molecule has 3 aromatic rings. The molecule has 0 saturated carbocycles. The van der Waals surface area contributed by atoms with Crippen LogP contribution in [0.25, 0.3) is 10.8 Å². The van der Waals surface area contributed by atoms with Gasteiger partial charge in [0.25, 0.3) is 0 Å². The van der Waals surface area contributed by atoms with Gasteiger partial charge < -0.3 is 10.3 Å². The number of benzene rings is 2. The molecule has 2 heterocycles. The summed E-state index contributed by atoms with van der Waals surface area (Å²) in [5.74, 6) is 2.06. The molecule has 1 aromatic heterocycles. The van der Waals surface area contributed by atoms with Crippen molar-refractivity contribution in [3.05, 3.63) is 60.2 Å². The lowest BCUT2D eigenvalue weighted by molar-refractivity contribution is 0.723. The number of unbranched alkanes of at least 4 members (excludes halogenated alkanes) is 1. The van der Waals surface area contributed by atoms with Gasteiger partial charge in [0.1, 0.15) is 11.7 Å². The molecule has 4 rings (SSSR count). The predicted octanol–water partition coefficient (Wildman–Crippen LogP) is 3.76. The number of aryl methyl sites for hydroxylation is 1. The molecule has 0 fully saturated rings. The van der Waals surface area contributed by atoms with Crippen LogP contribution in [-0.2, 0) is 6.42 Å². The molecule has 1 aliphatic heterocycles. The number of rotatable bonds is 5. The van der Waals surface area contributed by atoms with Crippen LogP contribution in [0.4, 0.5) is 5.69 Å². The van der Waals surface area contributed by atoms with E-state index in [1.54, 1.807) is 6.20 Å². The van der Waals surface area contributed by atoms with E-state index >= 15 is 0 Å². The van der Waals surface area contributed by atoms with E-state index in [1.807, 2.05) is 6.20 Å². The van der Waals surface area contributed by atoms with Crippen LogP contribution in [0.5, 0.6) is 0 Å². The lowest BCUT2D eigenvalue weighted by atomic mass is 10.1. The summed E-state index contributed by atoms with van der Waals surface area (Å²) in [5.41, 5.74) is 2.39. The van der Waals surface area contributed by atoms with E-state index in [9.17, 15) is 0 Å². The van der Waals surface area contributed by atoms with Gasteiger partial charge in [-0.3, -0.25) is 4.99 Å². The molecule has 2 aromatic carbocycles. The summed E-state index contributed by atoms with van der Waals surface area (Å²) in [6.45, 7) is 0.841. The number of aromatic nitrogens is 2. The SMILES string of the molecule is c1cc2c3c(cccc3c1)C(=NCCCCc1ncc[nH]1)N2. The Morgan fingerprint density at radius 3 is 2.82 bits per heavy atom. The number of anilines is 1. The van der Waals surface area contributed by atoms with Gasteiger partial charge >= 0.3 is 0 Å². The minimum absolute atomic E-state index is 0.841. The number of nitrogens with zero attached hydrogens (tertiary/aromatic N) is 2. The number of amidine groups is 1. The zero-order chi connectivity index (χ0) is 14.8. The highest BCUT2D eigenvalue weighted by Gasteiger charge is 2.18. The first kappa shape index (κ1) is 13.1. The minimum Gasteiger partial charge on any atom is -0.349 e. The van der Waals surface area contributed by atoms with E-state index in [1.165, 1.54) is 22.0 Å². The maximum atomic E-state index is 4.76.